The topological polar surface area (TPSA) is 76.9 Å². The first-order valence-electron chi connectivity index (χ1n) is 5.31. The minimum atomic E-state index is -2.90. The van der Waals surface area contributed by atoms with Gasteiger partial charge >= 0.3 is 0 Å². The van der Waals surface area contributed by atoms with Gasteiger partial charge in [0.25, 0.3) is 0 Å². The Labute approximate surface area is 96.0 Å². The number of hydrogen-bond donors (Lipinski definition) is 1. The molecule has 0 aliphatic heterocycles. The van der Waals surface area contributed by atoms with Crippen molar-refractivity contribution in [3.05, 3.63) is 12.4 Å². The lowest BCUT2D eigenvalue weighted by Gasteiger charge is -2.13. The first kappa shape index (κ1) is 13.1. The molecule has 1 aromatic rings. The van der Waals surface area contributed by atoms with Crippen molar-refractivity contribution >= 4 is 9.84 Å². The molecule has 0 amide bonds. The predicted octanol–water partition coefficient (Wildman–Crippen LogP) is -0.309. The van der Waals surface area contributed by atoms with Crippen LogP contribution < -0.4 is 5.32 Å². The molecule has 92 valence electrons. The Balaban J connectivity index is 2.23. The van der Waals surface area contributed by atoms with Gasteiger partial charge in [0.05, 0.1) is 18.5 Å². The second-order valence-corrected chi connectivity index (χ2v) is 6.12. The maximum Gasteiger partial charge on any atom is 0.151 e. The van der Waals surface area contributed by atoms with Crippen LogP contribution in [0.15, 0.2) is 12.4 Å². The normalized spacial score (nSPS) is 13.9. The summed E-state index contributed by atoms with van der Waals surface area (Å²) in [5.41, 5.74) is 0. The molecule has 0 aliphatic rings. The zero-order valence-corrected chi connectivity index (χ0v) is 10.4. The van der Waals surface area contributed by atoms with Crippen molar-refractivity contribution in [2.45, 2.75) is 26.4 Å². The quantitative estimate of drug-likeness (QED) is 0.714. The van der Waals surface area contributed by atoms with E-state index in [1.807, 2.05) is 6.92 Å². The molecule has 0 bridgehead atoms. The second-order valence-electron chi connectivity index (χ2n) is 3.72. The molecule has 1 heterocycles. The Morgan fingerprint density at radius 1 is 1.50 bits per heavy atom. The third-order valence-corrected chi connectivity index (χ3v) is 4.14. The number of hydrogen-bond acceptors (Lipinski definition) is 5. The lowest BCUT2D eigenvalue weighted by Crippen LogP contribution is -2.35. The molecule has 16 heavy (non-hydrogen) atoms. The van der Waals surface area contributed by atoms with Crippen molar-refractivity contribution in [3.63, 3.8) is 0 Å². The molecule has 1 atom stereocenters. The highest BCUT2D eigenvalue weighted by atomic mass is 32.2. The predicted molar refractivity (Wildman–Crippen MR) is 61.8 cm³/mol. The highest BCUT2D eigenvalue weighted by Gasteiger charge is 2.12. The summed E-state index contributed by atoms with van der Waals surface area (Å²) in [7, 11) is -2.90. The molecule has 1 N–H and O–H groups in total. The van der Waals surface area contributed by atoms with E-state index in [1.165, 1.54) is 0 Å². The fourth-order valence-corrected chi connectivity index (χ4v) is 2.45. The molecule has 0 radical (unpaired) electrons. The summed E-state index contributed by atoms with van der Waals surface area (Å²) >= 11 is 0. The summed E-state index contributed by atoms with van der Waals surface area (Å²) in [4.78, 5) is 0. The van der Waals surface area contributed by atoms with Crippen LogP contribution in [-0.2, 0) is 16.4 Å². The van der Waals surface area contributed by atoms with Crippen molar-refractivity contribution in [2.75, 3.05) is 18.1 Å². The van der Waals surface area contributed by atoms with E-state index in [0.29, 0.717) is 13.1 Å². The monoisotopic (exact) mass is 246 g/mol. The van der Waals surface area contributed by atoms with Crippen LogP contribution in [0.2, 0.25) is 0 Å². The average molecular weight is 246 g/mol. The summed E-state index contributed by atoms with van der Waals surface area (Å²) in [6, 6.07) is -0.0338. The Morgan fingerprint density at radius 2 is 2.25 bits per heavy atom. The molecule has 1 unspecified atom stereocenters. The first-order chi connectivity index (χ1) is 7.53. The van der Waals surface area contributed by atoms with Gasteiger partial charge in [-0.25, -0.2) is 8.42 Å². The Hall–Kier alpha value is -0.950. The molecule has 0 spiro atoms. The molecule has 0 aromatic carbocycles. The van der Waals surface area contributed by atoms with E-state index in [1.54, 1.807) is 24.0 Å². The van der Waals surface area contributed by atoms with Crippen molar-refractivity contribution in [2.24, 2.45) is 0 Å². The largest absolute Gasteiger partial charge is 0.311 e. The van der Waals surface area contributed by atoms with Crippen molar-refractivity contribution < 1.29 is 8.42 Å². The highest BCUT2D eigenvalue weighted by molar-refractivity contribution is 7.91. The molecule has 0 fully saturated rings. The number of rotatable bonds is 7. The fourth-order valence-electron chi connectivity index (χ4n) is 1.34. The van der Waals surface area contributed by atoms with Crippen LogP contribution in [0.1, 0.15) is 13.8 Å². The van der Waals surface area contributed by atoms with E-state index in [-0.39, 0.29) is 17.5 Å². The molecular weight excluding hydrogens is 228 g/mol. The average Bonchev–Trinajstić information content (AvgIpc) is 2.70. The van der Waals surface area contributed by atoms with Crippen LogP contribution >= 0.6 is 0 Å². The van der Waals surface area contributed by atoms with Gasteiger partial charge in [0.2, 0.25) is 0 Å². The van der Waals surface area contributed by atoms with Gasteiger partial charge in [-0.1, -0.05) is 12.1 Å². The van der Waals surface area contributed by atoms with Crippen LogP contribution in [0.4, 0.5) is 0 Å². The molecule has 1 rings (SSSR count). The van der Waals surface area contributed by atoms with Crippen molar-refractivity contribution in [3.8, 4) is 0 Å². The fraction of sp³-hybridized carbons (Fsp3) is 0.778. The molecule has 0 saturated carbocycles. The summed E-state index contributed by atoms with van der Waals surface area (Å²) < 4.78 is 24.4. The van der Waals surface area contributed by atoms with Crippen LogP contribution in [0.5, 0.6) is 0 Å². The zero-order chi connectivity index (χ0) is 12.0. The van der Waals surface area contributed by atoms with Gasteiger partial charge in [-0.05, 0) is 6.92 Å². The van der Waals surface area contributed by atoms with E-state index in [9.17, 15) is 8.42 Å². The van der Waals surface area contributed by atoms with Gasteiger partial charge in [-0.3, -0.25) is 4.68 Å². The van der Waals surface area contributed by atoms with Crippen LogP contribution in [0.25, 0.3) is 0 Å². The van der Waals surface area contributed by atoms with E-state index >= 15 is 0 Å². The molecule has 1 aromatic heterocycles. The third kappa shape index (κ3) is 4.71. The second kappa shape index (κ2) is 5.95. The van der Waals surface area contributed by atoms with Gasteiger partial charge in [0.15, 0.2) is 9.84 Å². The van der Waals surface area contributed by atoms with Gasteiger partial charge in [-0.15, -0.1) is 5.10 Å². The molecule has 0 saturated heterocycles. The number of sulfone groups is 1. The minimum Gasteiger partial charge on any atom is -0.311 e. The molecule has 7 heteroatoms. The van der Waals surface area contributed by atoms with Gasteiger partial charge in [0.1, 0.15) is 0 Å². The van der Waals surface area contributed by atoms with Crippen LogP contribution in [0, 0.1) is 0 Å². The SMILES string of the molecule is CCS(=O)(=O)CC(C)NCCn1ccnn1. The highest BCUT2D eigenvalue weighted by Crippen LogP contribution is 1.94. The van der Waals surface area contributed by atoms with E-state index in [4.69, 9.17) is 0 Å². The number of nitrogens with zero attached hydrogens (tertiary/aromatic N) is 3. The Bertz CT molecular complexity index is 388. The summed E-state index contributed by atoms with van der Waals surface area (Å²) in [5.74, 6) is 0.378. The first-order valence-corrected chi connectivity index (χ1v) is 7.13. The summed E-state index contributed by atoms with van der Waals surface area (Å²) in [5, 5.41) is 10.6. The van der Waals surface area contributed by atoms with Gasteiger partial charge in [-0.2, -0.15) is 0 Å². The van der Waals surface area contributed by atoms with Crippen LogP contribution in [-0.4, -0.2) is 47.5 Å². The lowest BCUT2D eigenvalue weighted by molar-refractivity contribution is 0.502. The standard InChI is InChI=1S/C9H18N4O2S/c1-3-16(14,15)8-9(2)10-4-6-13-7-5-11-12-13/h5,7,9-10H,3-4,6,8H2,1-2H3. The maximum atomic E-state index is 11.3. The number of nitrogens with one attached hydrogen (secondary N) is 1. The van der Waals surface area contributed by atoms with Crippen LogP contribution in [0.3, 0.4) is 0 Å². The van der Waals surface area contributed by atoms with Gasteiger partial charge < -0.3 is 5.32 Å². The molecule has 6 nitrogen and oxygen atoms in total. The number of aromatic nitrogens is 3. The molecule has 0 aliphatic carbocycles. The molecular formula is C9H18N4O2S. The Morgan fingerprint density at radius 3 is 2.81 bits per heavy atom. The lowest BCUT2D eigenvalue weighted by atomic mass is 10.4. The van der Waals surface area contributed by atoms with E-state index in [0.717, 1.165) is 0 Å². The zero-order valence-electron chi connectivity index (χ0n) is 9.63. The van der Waals surface area contributed by atoms with E-state index in [2.05, 4.69) is 15.6 Å². The maximum absolute atomic E-state index is 11.3. The van der Waals surface area contributed by atoms with Gasteiger partial charge in [0, 0.05) is 24.5 Å². The van der Waals surface area contributed by atoms with E-state index < -0.39 is 9.84 Å². The smallest absolute Gasteiger partial charge is 0.151 e. The minimum absolute atomic E-state index is 0.0338. The summed E-state index contributed by atoms with van der Waals surface area (Å²) in [6.45, 7) is 4.91. The third-order valence-electron chi connectivity index (χ3n) is 2.25. The van der Waals surface area contributed by atoms with Crippen molar-refractivity contribution in [1.29, 1.82) is 0 Å². The Kier molecular flexibility index (Phi) is 4.88. The van der Waals surface area contributed by atoms with Crippen molar-refractivity contribution in [1.82, 2.24) is 20.3 Å². The summed E-state index contributed by atoms with van der Waals surface area (Å²) in [6.07, 6.45) is 3.39.